The number of halogens is 9. The summed E-state index contributed by atoms with van der Waals surface area (Å²) in [5.41, 5.74) is -0.633. The first-order valence-electron chi connectivity index (χ1n) is 4.90. The number of benzene rings is 1. The maximum absolute atomic E-state index is 13.1. The smallest absolute Gasteiger partial charge is 0.319 e. The molecule has 0 radical (unpaired) electrons. The second kappa shape index (κ2) is 5.53. The molecule has 0 bridgehead atoms. The molecule has 0 heterocycles. The third-order valence-corrected chi connectivity index (χ3v) is 3.05. The van der Waals surface area contributed by atoms with E-state index in [2.05, 4.69) is 0 Å². The molecule has 0 unspecified atom stereocenters. The van der Waals surface area contributed by atoms with E-state index in [1.165, 1.54) is 11.4 Å². The standard InChI is InChI=1S/C10H4Cl2F7NO/c11-4-2-1-3-5(6(4)12)20-7(21)8(13,14)9(15,16)10(17,18)19/h1-3H,(H,20,21). The van der Waals surface area contributed by atoms with Crippen LogP contribution in [0.5, 0.6) is 0 Å². The highest BCUT2D eigenvalue weighted by atomic mass is 35.5. The molecule has 1 amide bonds. The SMILES string of the molecule is O=C(Nc1cccc(Cl)c1Cl)C(F)(F)C(F)(F)C(F)(F)F. The molecule has 118 valence electrons. The maximum atomic E-state index is 13.1. The van der Waals surface area contributed by atoms with E-state index in [0.717, 1.165) is 12.1 Å². The lowest BCUT2D eigenvalue weighted by Crippen LogP contribution is -2.57. The van der Waals surface area contributed by atoms with Gasteiger partial charge in [0.05, 0.1) is 15.7 Å². The van der Waals surface area contributed by atoms with Crippen LogP contribution in [0.2, 0.25) is 10.0 Å². The summed E-state index contributed by atoms with van der Waals surface area (Å²) < 4.78 is 87.1. The maximum Gasteiger partial charge on any atom is 0.460 e. The number of nitrogens with one attached hydrogen (secondary N) is 1. The van der Waals surface area contributed by atoms with E-state index >= 15 is 0 Å². The molecule has 1 rings (SSSR count). The van der Waals surface area contributed by atoms with Crippen LogP contribution in [0.3, 0.4) is 0 Å². The van der Waals surface area contributed by atoms with Gasteiger partial charge in [-0.1, -0.05) is 29.3 Å². The van der Waals surface area contributed by atoms with Crippen molar-refractivity contribution in [2.24, 2.45) is 0 Å². The number of rotatable bonds is 3. The van der Waals surface area contributed by atoms with Crippen LogP contribution >= 0.6 is 23.2 Å². The molecule has 2 nitrogen and oxygen atoms in total. The predicted octanol–water partition coefficient (Wildman–Crippen LogP) is 4.76. The first-order chi connectivity index (χ1) is 9.32. The number of anilines is 1. The monoisotopic (exact) mass is 357 g/mol. The van der Waals surface area contributed by atoms with Crippen molar-refractivity contribution in [1.82, 2.24) is 0 Å². The van der Waals surface area contributed by atoms with Crippen LogP contribution in [-0.4, -0.2) is 23.9 Å². The summed E-state index contributed by atoms with van der Waals surface area (Å²) in [6.07, 6.45) is -6.61. The van der Waals surface area contributed by atoms with Gasteiger partial charge in [-0.05, 0) is 12.1 Å². The number of amides is 1. The predicted molar refractivity (Wildman–Crippen MR) is 61.0 cm³/mol. The molecule has 0 aliphatic carbocycles. The van der Waals surface area contributed by atoms with Gasteiger partial charge in [0.1, 0.15) is 0 Å². The van der Waals surface area contributed by atoms with Crippen LogP contribution in [0, 0.1) is 0 Å². The van der Waals surface area contributed by atoms with Gasteiger partial charge in [0, 0.05) is 0 Å². The minimum Gasteiger partial charge on any atom is -0.319 e. The quantitative estimate of drug-likeness (QED) is 0.776. The number of alkyl halides is 7. The third kappa shape index (κ3) is 3.18. The van der Waals surface area contributed by atoms with Crippen molar-refractivity contribution in [2.45, 2.75) is 18.0 Å². The van der Waals surface area contributed by atoms with Crippen molar-refractivity contribution in [3.05, 3.63) is 28.2 Å². The molecule has 1 N–H and O–H groups in total. The summed E-state index contributed by atoms with van der Waals surface area (Å²) in [6.45, 7) is 0. The number of carbonyl (C=O) groups is 1. The molecule has 1 aromatic carbocycles. The Bertz CT molecular complexity index is 559. The van der Waals surface area contributed by atoms with Gasteiger partial charge >= 0.3 is 23.9 Å². The molecule has 1 aromatic rings. The topological polar surface area (TPSA) is 29.1 Å². The Morgan fingerprint density at radius 2 is 1.52 bits per heavy atom. The van der Waals surface area contributed by atoms with Crippen molar-refractivity contribution in [2.75, 3.05) is 5.32 Å². The number of hydrogen-bond acceptors (Lipinski definition) is 1. The summed E-state index contributed by atoms with van der Waals surface area (Å²) in [5.74, 6) is -15.4. The molecule has 0 spiro atoms. The normalized spacial score (nSPS) is 13.2. The Kier molecular flexibility index (Phi) is 4.69. The zero-order chi connectivity index (χ0) is 16.6. The molecule has 0 atom stereocenters. The molecular formula is C10H4Cl2F7NO. The molecule has 0 aliphatic heterocycles. The van der Waals surface area contributed by atoms with Crippen LogP contribution in [-0.2, 0) is 4.79 Å². The molecule has 0 fully saturated rings. The highest BCUT2D eigenvalue weighted by Crippen LogP contribution is 2.47. The lowest BCUT2D eigenvalue weighted by Gasteiger charge is -2.27. The summed E-state index contributed by atoms with van der Waals surface area (Å²) >= 11 is 11.0. The van der Waals surface area contributed by atoms with Crippen molar-refractivity contribution in [3.8, 4) is 0 Å². The minimum atomic E-state index is -6.61. The zero-order valence-corrected chi connectivity index (χ0v) is 11.1. The molecule has 11 heteroatoms. The number of carbonyl (C=O) groups excluding carboxylic acids is 1. The summed E-state index contributed by atoms with van der Waals surface area (Å²) in [5, 5.41) is 0.475. The second-order valence-corrected chi connectivity index (χ2v) is 4.49. The Morgan fingerprint density at radius 3 is 2.00 bits per heavy atom. The van der Waals surface area contributed by atoms with Crippen molar-refractivity contribution < 1.29 is 35.5 Å². The van der Waals surface area contributed by atoms with E-state index in [0.29, 0.717) is 0 Å². The van der Waals surface area contributed by atoms with Gasteiger partial charge in [-0.2, -0.15) is 30.7 Å². The van der Waals surface area contributed by atoms with Gasteiger partial charge in [0.2, 0.25) is 0 Å². The fourth-order valence-corrected chi connectivity index (χ4v) is 1.47. The molecule has 0 aliphatic rings. The average molecular weight is 358 g/mol. The van der Waals surface area contributed by atoms with E-state index in [9.17, 15) is 35.5 Å². The van der Waals surface area contributed by atoms with Crippen molar-refractivity contribution in [3.63, 3.8) is 0 Å². The second-order valence-electron chi connectivity index (χ2n) is 3.70. The van der Waals surface area contributed by atoms with Crippen molar-refractivity contribution in [1.29, 1.82) is 0 Å². The first kappa shape index (κ1) is 17.8. The van der Waals surface area contributed by atoms with Gasteiger partial charge in [0.25, 0.3) is 0 Å². The van der Waals surface area contributed by atoms with E-state index < -0.39 is 34.6 Å². The molecular weight excluding hydrogens is 354 g/mol. The zero-order valence-electron chi connectivity index (χ0n) is 9.54. The lowest BCUT2D eigenvalue weighted by molar-refractivity contribution is -0.343. The average Bonchev–Trinajstić information content (AvgIpc) is 2.33. The molecule has 21 heavy (non-hydrogen) atoms. The first-order valence-corrected chi connectivity index (χ1v) is 5.65. The Hall–Kier alpha value is -1.22. The third-order valence-electron chi connectivity index (χ3n) is 2.24. The Balaban J connectivity index is 3.11. The highest BCUT2D eigenvalue weighted by Gasteiger charge is 2.76. The lowest BCUT2D eigenvalue weighted by atomic mass is 10.1. The molecule has 0 saturated heterocycles. The van der Waals surface area contributed by atoms with Crippen LogP contribution in [0.4, 0.5) is 36.4 Å². The highest BCUT2D eigenvalue weighted by molar-refractivity contribution is 6.44. The minimum absolute atomic E-state index is 0.222. The van der Waals surface area contributed by atoms with Gasteiger partial charge in [-0.3, -0.25) is 4.79 Å². The van der Waals surface area contributed by atoms with Crippen LogP contribution in [0.25, 0.3) is 0 Å². The van der Waals surface area contributed by atoms with Gasteiger partial charge in [-0.25, -0.2) is 0 Å². The van der Waals surface area contributed by atoms with Crippen LogP contribution < -0.4 is 5.32 Å². The van der Waals surface area contributed by atoms with Gasteiger partial charge in [0.15, 0.2) is 0 Å². The Morgan fingerprint density at radius 1 is 1.00 bits per heavy atom. The van der Waals surface area contributed by atoms with E-state index in [4.69, 9.17) is 23.2 Å². The number of hydrogen-bond donors (Lipinski definition) is 1. The summed E-state index contributed by atoms with van der Waals surface area (Å²) in [6, 6.07) is 3.19. The van der Waals surface area contributed by atoms with Gasteiger partial charge in [-0.15, -0.1) is 0 Å². The fourth-order valence-electron chi connectivity index (χ4n) is 1.12. The van der Waals surface area contributed by atoms with Crippen LogP contribution in [0.15, 0.2) is 18.2 Å². The van der Waals surface area contributed by atoms with E-state index in [1.54, 1.807) is 0 Å². The summed E-state index contributed by atoms with van der Waals surface area (Å²) in [7, 11) is 0. The van der Waals surface area contributed by atoms with Crippen LogP contribution in [0.1, 0.15) is 0 Å². The molecule has 0 saturated carbocycles. The van der Waals surface area contributed by atoms with Gasteiger partial charge < -0.3 is 5.32 Å². The largest absolute Gasteiger partial charge is 0.460 e. The fraction of sp³-hybridized carbons (Fsp3) is 0.300. The Labute approximate surface area is 122 Å². The van der Waals surface area contributed by atoms with E-state index in [1.807, 2.05) is 0 Å². The summed E-state index contributed by atoms with van der Waals surface area (Å²) in [4.78, 5) is 11.0. The molecule has 0 aromatic heterocycles. The van der Waals surface area contributed by atoms with E-state index in [-0.39, 0.29) is 5.02 Å². The van der Waals surface area contributed by atoms with Crippen molar-refractivity contribution >= 4 is 34.8 Å².